The summed E-state index contributed by atoms with van der Waals surface area (Å²) < 4.78 is 1.16. The number of rotatable bonds is 2. The molecule has 2 aromatic heterocycles. The number of hydrogen-bond acceptors (Lipinski definition) is 6. The van der Waals surface area contributed by atoms with Crippen molar-refractivity contribution in [3.63, 3.8) is 0 Å². The summed E-state index contributed by atoms with van der Waals surface area (Å²) in [5.74, 6) is 3.76. The van der Waals surface area contributed by atoms with E-state index in [-0.39, 0.29) is 5.92 Å². The van der Waals surface area contributed by atoms with E-state index in [9.17, 15) is 4.79 Å². The third kappa shape index (κ3) is 3.04. The second-order valence-electron chi connectivity index (χ2n) is 6.03. The van der Waals surface area contributed by atoms with Gasteiger partial charge in [0.1, 0.15) is 12.1 Å². The van der Waals surface area contributed by atoms with E-state index in [2.05, 4.69) is 25.1 Å². The Morgan fingerprint density at radius 3 is 2.70 bits per heavy atom. The van der Waals surface area contributed by atoms with Crippen LogP contribution in [-0.4, -0.2) is 58.5 Å². The molecular weight excluding hydrogens is 328 g/mol. The molecule has 0 bridgehead atoms. The van der Waals surface area contributed by atoms with Crippen LogP contribution in [0.5, 0.6) is 0 Å². The smallest absolute Gasteiger partial charge is 0.225 e. The molecule has 0 unspecified atom stereocenters. The van der Waals surface area contributed by atoms with E-state index < -0.39 is 0 Å². The Morgan fingerprint density at radius 1 is 1.13 bits per heavy atom. The fraction of sp³-hybridized carbons (Fsp3) is 0.562. The van der Waals surface area contributed by atoms with Gasteiger partial charge in [0.25, 0.3) is 0 Å². The quantitative estimate of drug-likeness (QED) is 0.834. The van der Waals surface area contributed by atoms with Gasteiger partial charge in [-0.15, -0.1) is 11.3 Å². The van der Waals surface area contributed by atoms with Crippen LogP contribution in [0.15, 0.2) is 17.8 Å². The van der Waals surface area contributed by atoms with Gasteiger partial charge < -0.3 is 9.80 Å². The fourth-order valence-corrected chi connectivity index (χ4v) is 5.15. The molecule has 2 aliphatic rings. The van der Waals surface area contributed by atoms with Crippen molar-refractivity contribution in [1.29, 1.82) is 0 Å². The van der Waals surface area contributed by atoms with Crippen LogP contribution in [0, 0.1) is 5.92 Å². The highest BCUT2D eigenvalue weighted by molar-refractivity contribution is 7.99. The van der Waals surface area contributed by atoms with E-state index in [0.29, 0.717) is 5.91 Å². The zero-order valence-electron chi connectivity index (χ0n) is 13.0. The predicted octanol–water partition coefficient (Wildman–Crippen LogP) is 2.48. The molecule has 0 aliphatic carbocycles. The molecule has 2 fully saturated rings. The normalized spacial score (nSPS) is 20.2. The molecule has 0 atom stereocenters. The lowest BCUT2D eigenvalue weighted by Gasteiger charge is -2.36. The van der Waals surface area contributed by atoms with Crippen LogP contribution in [0.25, 0.3) is 10.2 Å². The van der Waals surface area contributed by atoms with E-state index in [1.165, 1.54) is 0 Å². The van der Waals surface area contributed by atoms with Crippen molar-refractivity contribution in [2.45, 2.75) is 12.8 Å². The molecule has 2 aromatic rings. The van der Waals surface area contributed by atoms with Crippen LogP contribution in [0.1, 0.15) is 12.8 Å². The van der Waals surface area contributed by atoms with Gasteiger partial charge in [0.2, 0.25) is 5.91 Å². The van der Waals surface area contributed by atoms with Gasteiger partial charge in [-0.2, -0.15) is 11.8 Å². The lowest BCUT2D eigenvalue weighted by Crippen LogP contribution is -2.45. The molecule has 2 aliphatic heterocycles. The summed E-state index contributed by atoms with van der Waals surface area (Å²) in [5, 5.41) is 2.06. The average molecular weight is 348 g/mol. The van der Waals surface area contributed by atoms with Crippen molar-refractivity contribution >= 4 is 45.0 Å². The minimum absolute atomic E-state index is 0.190. The Morgan fingerprint density at radius 2 is 1.91 bits per heavy atom. The highest BCUT2D eigenvalue weighted by atomic mass is 32.2. The second kappa shape index (κ2) is 6.65. The van der Waals surface area contributed by atoms with Crippen LogP contribution in [-0.2, 0) is 4.79 Å². The zero-order chi connectivity index (χ0) is 15.6. The second-order valence-corrected chi connectivity index (χ2v) is 8.17. The number of carbonyl (C=O) groups excluding carboxylic acids is 1. The highest BCUT2D eigenvalue weighted by Crippen LogP contribution is 2.31. The van der Waals surface area contributed by atoms with E-state index in [0.717, 1.165) is 66.6 Å². The van der Waals surface area contributed by atoms with Crippen molar-refractivity contribution in [2.24, 2.45) is 5.92 Å². The van der Waals surface area contributed by atoms with Gasteiger partial charge in [-0.25, -0.2) is 9.97 Å². The molecule has 2 saturated heterocycles. The van der Waals surface area contributed by atoms with Gasteiger partial charge in [-0.3, -0.25) is 4.79 Å². The fourth-order valence-electron chi connectivity index (χ4n) is 3.38. The van der Waals surface area contributed by atoms with Crippen molar-refractivity contribution in [3.05, 3.63) is 17.8 Å². The summed E-state index contributed by atoms with van der Waals surface area (Å²) in [6.07, 6.45) is 3.51. The lowest BCUT2D eigenvalue weighted by atomic mass is 9.95. The van der Waals surface area contributed by atoms with Crippen molar-refractivity contribution < 1.29 is 4.79 Å². The van der Waals surface area contributed by atoms with Crippen molar-refractivity contribution in [3.8, 4) is 0 Å². The maximum Gasteiger partial charge on any atom is 0.225 e. The van der Waals surface area contributed by atoms with Gasteiger partial charge in [0.15, 0.2) is 0 Å². The van der Waals surface area contributed by atoms with Crippen molar-refractivity contribution in [2.75, 3.05) is 42.6 Å². The molecule has 0 radical (unpaired) electrons. The molecule has 7 heteroatoms. The molecule has 0 spiro atoms. The number of anilines is 1. The monoisotopic (exact) mass is 348 g/mol. The number of hydrogen-bond donors (Lipinski definition) is 0. The third-order valence-electron chi connectivity index (χ3n) is 4.69. The van der Waals surface area contributed by atoms with Crippen LogP contribution in [0.2, 0.25) is 0 Å². The minimum Gasteiger partial charge on any atom is -0.355 e. The molecule has 122 valence electrons. The van der Waals surface area contributed by atoms with Gasteiger partial charge in [0, 0.05) is 43.6 Å². The number of carbonyl (C=O) groups is 1. The standard InChI is InChI=1S/C16H20N4OS2/c21-16(20-6-9-22-10-7-20)12-1-4-19(5-2-12)15-14-13(3-8-23-14)17-11-18-15/h3,8,11-12H,1-2,4-7,9-10H2. The summed E-state index contributed by atoms with van der Waals surface area (Å²) in [7, 11) is 0. The Balaban J connectivity index is 1.42. The first-order chi connectivity index (χ1) is 11.3. The molecule has 4 rings (SSSR count). The van der Waals surface area contributed by atoms with E-state index in [1.807, 2.05) is 17.8 Å². The number of nitrogens with zero attached hydrogens (tertiary/aromatic N) is 4. The molecular formula is C16H20N4OS2. The largest absolute Gasteiger partial charge is 0.355 e. The van der Waals surface area contributed by atoms with Crippen LogP contribution in [0.3, 0.4) is 0 Å². The number of thiophene rings is 1. The Bertz CT molecular complexity index is 690. The molecule has 0 aromatic carbocycles. The average Bonchev–Trinajstić information content (AvgIpc) is 3.11. The lowest BCUT2D eigenvalue weighted by molar-refractivity contribution is -0.135. The van der Waals surface area contributed by atoms with Crippen molar-refractivity contribution in [1.82, 2.24) is 14.9 Å². The Kier molecular flexibility index (Phi) is 4.39. The first kappa shape index (κ1) is 15.2. The molecule has 0 saturated carbocycles. The van der Waals surface area contributed by atoms with E-state index in [1.54, 1.807) is 17.7 Å². The third-order valence-corrected chi connectivity index (χ3v) is 6.53. The minimum atomic E-state index is 0.190. The molecule has 5 nitrogen and oxygen atoms in total. The first-order valence-corrected chi connectivity index (χ1v) is 10.2. The maximum atomic E-state index is 12.6. The SMILES string of the molecule is O=C(C1CCN(c2ncnc3ccsc23)CC1)N1CCSCC1. The van der Waals surface area contributed by atoms with Crippen LogP contribution in [0.4, 0.5) is 5.82 Å². The predicted molar refractivity (Wildman–Crippen MR) is 96.3 cm³/mol. The molecule has 4 heterocycles. The number of piperidine rings is 1. The first-order valence-electron chi connectivity index (χ1n) is 8.12. The summed E-state index contributed by atoms with van der Waals surface area (Å²) in [6, 6.07) is 2.04. The van der Waals surface area contributed by atoms with Gasteiger partial charge in [0.05, 0.1) is 10.2 Å². The molecule has 1 amide bonds. The summed E-state index contributed by atoms with van der Waals surface area (Å²) >= 11 is 3.64. The van der Waals surface area contributed by atoms with Gasteiger partial charge in [-0.1, -0.05) is 0 Å². The van der Waals surface area contributed by atoms with Crippen LogP contribution < -0.4 is 4.90 Å². The zero-order valence-corrected chi connectivity index (χ0v) is 14.6. The summed E-state index contributed by atoms with van der Waals surface area (Å²) in [6.45, 7) is 3.66. The summed E-state index contributed by atoms with van der Waals surface area (Å²) in [4.78, 5) is 25.8. The molecule has 0 N–H and O–H groups in total. The number of fused-ring (bicyclic) bond motifs is 1. The Hall–Kier alpha value is -1.34. The van der Waals surface area contributed by atoms with E-state index in [4.69, 9.17) is 0 Å². The number of thioether (sulfide) groups is 1. The van der Waals surface area contributed by atoms with Crippen LogP contribution >= 0.6 is 23.1 Å². The van der Waals surface area contributed by atoms with E-state index >= 15 is 0 Å². The summed E-state index contributed by atoms with van der Waals surface area (Å²) in [5.41, 5.74) is 1.02. The molecule has 23 heavy (non-hydrogen) atoms. The maximum absolute atomic E-state index is 12.6. The number of aromatic nitrogens is 2. The number of amides is 1. The topological polar surface area (TPSA) is 49.3 Å². The Labute approximate surface area is 144 Å². The highest BCUT2D eigenvalue weighted by Gasteiger charge is 2.30. The van der Waals surface area contributed by atoms with Gasteiger partial charge in [-0.05, 0) is 24.3 Å². The van der Waals surface area contributed by atoms with Gasteiger partial charge >= 0.3 is 0 Å².